The van der Waals surface area contributed by atoms with Crippen molar-refractivity contribution >= 4 is 27.8 Å². The van der Waals surface area contributed by atoms with Gasteiger partial charge in [0.25, 0.3) is 0 Å². The normalized spacial score (nSPS) is 19.2. The maximum Gasteiger partial charge on any atom is 0.328 e. The number of sulfonamides is 1. The Hall–Kier alpha value is -2.46. The highest BCUT2D eigenvalue weighted by molar-refractivity contribution is 7.89. The van der Waals surface area contributed by atoms with Crippen LogP contribution < -0.4 is 5.32 Å². The maximum atomic E-state index is 13.0. The maximum absolute atomic E-state index is 13.0. The molecule has 9 nitrogen and oxygen atoms in total. The van der Waals surface area contributed by atoms with Gasteiger partial charge >= 0.3 is 5.97 Å². The molecule has 2 amide bonds. The second-order valence-corrected chi connectivity index (χ2v) is 8.05. The van der Waals surface area contributed by atoms with E-state index >= 15 is 0 Å². The highest BCUT2D eigenvalue weighted by Gasteiger charge is 2.41. The number of nitrogens with one attached hydrogen (secondary N) is 1. The summed E-state index contributed by atoms with van der Waals surface area (Å²) in [5.74, 6) is -1.58. The summed E-state index contributed by atoms with van der Waals surface area (Å²) in [5, 5.41) is 2.46. The zero-order valence-corrected chi connectivity index (χ0v) is 16.2. The third kappa shape index (κ3) is 4.64. The molecule has 1 aromatic carbocycles. The first-order valence-electron chi connectivity index (χ1n) is 8.39. The predicted molar refractivity (Wildman–Crippen MR) is 96.0 cm³/mol. The van der Waals surface area contributed by atoms with E-state index in [4.69, 9.17) is 0 Å². The minimum absolute atomic E-state index is 0.0263. The van der Waals surface area contributed by atoms with Gasteiger partial charge in [-0.3, -0.25) is 9.59 Å². The Labute approximate surface area is 158 Å². The highest BCUT2D eigenvalue weighted by Crippen LogP contribution is 2.22. The summed E-state index contributed by atoms with van der Waals surface area (Å²) in [6.45, 7) is 2.85. The lowest BCUT2D eigenvalue weighted by Crippen LogP contribution is -2.62. The van der Waals surface area contributed by atoms with E-state index in [9.17, 15) is 22.8 Å². The minimum atomic E-state index is -3.95. The van der Waals surface area contributed by atoms with E-state index in [1.807, 2.05) is 0 Å². The molecular formula is C17H23N3O6S. The second kappa shape index (κ2) is 8.49. The van der Waals surface area contributed by atoms with Crippen molar-refractivity contribution in [2.45, 2.75) is 30.8 Å². The van der Waals surface area contributed by atoms with E-state index in [0.717, 1.165) is 4.31 Å². The first kappa shape index (κ1) is 20.8. The molecule has 10 heteroatoms. The molecule has 1 N–H and O–H groups in total. The Morgan fingerprint density at radius 3 is 2.37 bits per heavy atom. The first-order valence-corrected chi connectivity index (χ1v) is 9.83. The number of carbonyl (C=O) groups is 3. The lowest BCUT2D eigenvalue weighted by Gasteiger charge is -2.39. The molecule has 27 heavy (non-hydrogen) atoms. The van der Waals surface area contributed by atoms with E-state index < -0.39 is 34.0 Å². The van der Waals surface area contributed by atoms with Crippen LogP contribution in [0.25, 0.3) is 0 Å². The van der Waals surface area contributed by atoms with Crippen molar-refractivity contribution in [1.82, 2.24) is 14.5 Å². The number of carbonyl (C=O) groups excluding carboxylic acids is 3. The van der Waals surface area contributed by atoms with E-state index in [-0.39, 0.29) is 30.4 Å². The van der Waals surface area contributed by atoms with Crippen LogP contribution in [-0.4, -0.2) is 74.2 Å². The van der Waals surface area contributed by atoms with Crippen molar-refractivity contribution < 1.29 is 27.5 Å². The number of hydrogen-bond donors (Lipinski definition) is 1. The lowest BCUT2D eigenvalue weighted by molar-refractivity contribution is -0.145. The van der Waals surface area contributed by atoms with Crippen LogP contribution in [0.4, 0.5) is 0 Å². The number of rotatable bonds is 5. The standard InChI is InChI=1S/C17H23N3O6S/c1-12(17(23)26-3)18-16(22)15-11-19(13(2)21)9-10-20(15)27(24,25)14-7-5-4-6-8-14/h4-8,12,15H,9-11H2,1-3H3,(H,18,22). The van der Waals surface area contributed by atoms with E-state index in [0.29, 0.717) is 0 Å². The molecule has 1 aliphatic rings. The number of ether oxygens (including phenoxy) is 1. The number of piperazine rings is 1. The van der Waals surface area contributed by atoms with Crippen LogP contribution in [0.15, 0.2) is 35.2 Å². The van der Waals surface area contributed by atoms with Gasteiger partial charge in [0.2, 0.25) is 21.8 Å². The third-order valence-corrected chi connectivity index (χ3v) is 6.26. The van der Waals surface area contributed by atoms with E-state index in [2.05, 4.69) is 10.1 Å². The minimum Gasteiger partial charge on any atom is -0.467 e. The topological polar surface area (TPSA) is 113 Å². The number of benzene rings is 1. The Bertz CT molecular complexity index is 811. The lowest BCUT2D eigenvalue weighted by atomic mass is 10.2. The SMILES string of the molecule is COC(=O)C(C)NC(=O)C1CN(C(C)=O)CCN1S(=O)(=O)c1ccccc1. The van der Waals surface area contributed by atoms with Gasteiger partial charge in [0, 0.05) is 26.6 Å². The van der Waals surface area contributed by atoms with Gasteiger partial charge in [0.1, 0.15) is 12.1 Å². The Morgan fingerprint density at radius 1 is 1.19 bits per heavy atom. The molecule has 1 aliphatic heterocycles. The number of nitrogens with zero attached hydrogens (tertiary/aromatic N) is 2. The van der Waals surface area contributed by atoms with E-state index in [1.54, 1.807) is 18.2 Å². The monoisotopic (exact) mass is 397 g/mol. The molecule has 1 aromatic rings. The zero-order chi connectivity index (χ0) is 20.2. The van der Waals surface area contributed by atoms with E-state index in [1.165, 1.54) is 38.0 Å². The number of amides is 2. The third-order valence-electron chi connectivity index (χ3n) is 4.34. The molecule has 1 heterocycles. The molecule has 0 aliphatic carbocycles. The summed E-state index contributed by atoms with van der Waals surface area (Å²) in [6, 6.07) is 5.66. The Morgan fingerprint density at radius 2 is 1.81 bits per heavy atom. The van der Waals surface area contributed by atoms with Crippen LogP contribution in [0.1, 0.15) is 13.8 Å². The van der Waals surface area contributed by atoms with Gasteiger partial charge in [-0.05, 0) is 19.1 Å². The molecule has 0 saturated carbocycles. The molecule has 0 radical (unpaired) electrons. The van der Waals surface area contributed by atoms with Crippen molar-refractivity contribution in [3.8, 4) is 0 Å². The second-order valence-electron chi connectivity index (χ2n) is 6.16. The average Bonchev–Trinajstić information content (AvgIpc) is 2.67. The van der Waals surface area contributed by atoms with Gasteiger partial charge in [-0.2, -0.15) is 4.31 Å². The molecule has 0 aromatic heterocycles. The van der Waals surface area contributed by atoms with Crippen molar-refractivity contribution in [3.63, 3.8) is 0 Å². The largest absolute Gasteiger partial charge is 0.467 e. The predicted octanol–water partition coefficient (Wildman–Crippen LogP) is -0.414. The number of esters is 1. The summed E-state index contributed by atoms with van der Waals surface area (Å²) in [5.41, 5.74) is 0. The van der Waals surface area contributed by atoms with Gasteiger partial charge in [-0.25, -0.2) is 13.2 Å². The fourth-order valence-corrected chi connectivity index (χ4v) is 4.42. The highest BCUT2D eigenvalue weighted by atomic mass is 32.2. The smallest absolute Gasteiger partial charge is 0.328 e. The summed E-state index contributed by atoms with van der Waals surface area (Å²) < 4.78 is 31.7. The fraction of sp³-hybridized carbons (Fsp3) is 0.471. The molecule has 148 valence electrons. The van der Waals surface area contributed by atoms with Gasteiger partial charge in [-0.15, -0.1) is 0 Å². The number of hydrogen-bond acceptors (Lipinski definition) is 6. The van der Waals surface area contributed by atoms with Gasteiger partial charge < -0.3 is 15.0 Å². The zero-order valence-electron chi connectivity index (χ0n) is 15.4. The summed E-state index contributed by atoms with van der Waals surface area (Å²) >= 11 is 0. The van der Waals surface area contributed by atoms with Crippen LogP contribution >= 0.6 is 0 Å². The van der Waals surface area contributed by atoms with Crippen LogP contribution in [0.3, 0.4) is 0 Å². The van der Waals surface area contributed by atoms with Crippen molar-refractivity contribution in [1.29, 1.82) is 0 Å². The van der Waals surface area contributed by atoms with Crippen LogP contribution in [-0.2, 0) is 29.1 Å². The molecule has 2 unspecified atom stereocenters. The molecule has 0 spiro atoms. The van der Waals surface area contributed by atoms with Crippen molar-refractivity contribution in [2.24, 2.45) is 0 Å². The molecule has 1 fully saturated rings. The van der Waals surface area contributed by atoms with Crippen molar-refractivity contribution in [3.05, 3.63) is 30.3 Å². The van der Waals surface area contributed by atoms with Gasteiger partial charge in [0.15, 0.2) is 0 Å². The summed E-state index contributed by atoms with van der Waals surface area (Å²) in [7, 11) is -2.76. The van der Waals surface area contributed by atoms with Gasteiger partial charge in [-0.1, -0.05) is 18.2 Å². The summed E-state index contributed by atoms with van der Waals surface area (Å²) in [4.78, 5) is 37.5. The van der Waals surface area contributed by atoms with Crippen LogP contribution in [0.5, 0.6) is 0 Å². The fourth-order valence-electron chi connectivity index (χ4n) is 2.83. The average molecular weight is 397 g/mol. The first-order chi connectivity index (χ1) is 12.7. The van der Waals surface area contributed by atoms with Gasteiger partial charge in [0.05, 0.1) is 12.0 Å². The quantitative estimate of drug-likeness (QED) is 0.676. The molecular weight excluding hydrogens is 374 g/mol. The molecule has 0 bridgehead atoms. The molecule has 2 atom stereocenters. The summed E-state index contributed by atoms with van der Waals surface area (Å²) in [6.07, 6.45) is 0. The molecule has 2 rings (SSSR count). The Kier molecular flexibility index (Phi) is 6.55. The van der Waals surface area contributed by atoms with Crippen LogP contribution in [0, 0.1) is 0 Å². The van der Waals surface area contributed by atoms with Crippen molar-refractivity contribution in [2.75, 3.05) is 26.7 Å². The van der Waals surface area contributed by atoms with Crippen LogP contribution in [0.2, 0.25) is 0 Å². The Balaban J connectivity index is 2.32. The number of methoxy groups -OCH3 is 1. The molecule has 1 saturated heterocycles.